The third-order valence-electron chi connectivity index (χ3n) is 3.71. The number of furan rings is 1. The highest BCUT2D eigenvalue weighted by molar-refractivity contribution is 9.10. The molecule has 4 aromatic rings. The highest BCUT2D eigenvalue weighted by Gasteiger charge is 2.14. The molecule has 0 atom stereocenters. The summed E-state index contributed by atoms with van der Waals surface area (Å²) in [6.45, 7) is 0.227. The molecule has 6 nitrogen and oxygen atoms in total. The van der Waals surface area contributed by atoms with Crippen LogP contribution in [0.5, 0.6) is 5.75 Å². The quantitative estimate of drug-likeness (QED) is 0.421. The average molecular weight is 456 g/mol. The van der Waals surface area contributed by atoms with Gasteiger partial charge in [-0.15, -0.1) is 11.3 Å². The largest absolute Gasteiger partial charge is 0.486 e. The lowest BCUT2D eigenvalue weighted by Crippen LogP contribution is -2.10. The molecule has 0 spiro atoms. The molecule has 140 valence electrons. The van der Waals surface area contributed by atoms with E-state index in [4.69, 9.17) is 9.15 Å². The third-order valence-corrected chi connectivity index (χ3v) is 4.97. The summed E-state index contributed by atoms with van der Waals surface area (Å²) < 4.78 is 12.2. The summed E-state index contributed by atoms with van der Waals surface area (Å²) in [7, 11) is 0. The SMILES string of the molecule is O=C(Nc1nc(-c2ccccn2)cs1)c1ccc(COc2cccc(Br)c2)o1. The Labute approximate surface area is 173 Å². The van der Waals surface area contributed by atoms with Gasteiger partial charge in [0.25, 0.3) is 5.91 Å². The van der Waals surface area contributed by atoms with Crippen molar-refractivity contribution in [2.75, 3.05) is 5.32 Å². The maximum atomic E-state index is 12.4. The Morgan fingerprint density at radius 1 is 1.14 bits per heavy atom. The van der Waals surface area contributed by atoms with Crippen molar-refractivity contribution in [2.45, 2.75) is 6.61 Å². The van der Waals surface area contributed by atoms with E-state index in [9.17, 15) is 4.79 Å². The van der Waals surface area contributed by atoms with Crippen molar-refractivity contribution in [1.29, 1.82) is 0 Å². The molecule has 0 unspecified atom stereocenters. The van der Waals surface area contributed by atoms with Gasteiger partial charge in [0.1, 0.15) is 23.8 Å². The monoisotopic (exact) mass is 455 g/mol. The molecule has 0 radical (unpaired) electrons. The maximum Gasteiger partial charge on any atom is 0.293 e. The zero-order chi connectivity index (χ0) is 19.3. The molecule has 1 amide bonds. The molecule has 0 bridgehead atoms. The second-order valence-corrected chi connectivity index (χ2v) is 7.49. The number of hydrogen-bond donors (Lipinski definition) is 1. The summed E-state index contributed by atoms with van der Waals surface area (Å²) in [5.74, 6) is 1.10. The van der Waals surface area contributed by atoms with Crippen molar-refractivity contribution in [3.63, 3.8) is 0 Å². The second-order valence-electron chi connectivity index (χ2n) is 5.72. The molecule has 28 heavy (non-hydrogen) atoms. The van der Waals surface area contributed by atoms with E-state index in [1.54, 1.807) is 18.3 Å². The van der Waals surface area contributed by atoms with E-state index in [0.29, 0.717) is 22.3 Å². The number of pyridine rings is 1. The van der Waals surface area contributed by atoms with Crippen molar-refractivity contribution < 1.29 is 13.9 Å². The minimum atomic E-state index is -0.365. The topological polar surface area (TPSA) is 77.2 Å². The summed E-state index contributed by atoms with van der Waals surface area (Å²) in [4.78, 5) is 21.0. The number of carbonyl (C=O) groups is 1. The second kappa shape index (κ2) is 8.37. The first-order valence-corrected chi connectivity index (χ1v) is 10.00. The van der Waals surface area contributed by atoms with Gasteiger partial charge in [0.15, 0.2) is 10.9 Å². The van der Waals surface area contributed by atoms with E-state index in [2.05, 4.69) is 31.2 Å². The fraction of sp³-hybridized carbons (Fsp3) is 0.0500. The standard InChI is InChI=1S/C20H14BrN3O3S/c21-13-4-3-5-14(10-13)26-11-15-7-8-18(27-15)19(25)24-20-23-17(12-28-20)16-6-1-2-9-22-16/h1-10,12H,11H2,(H,23,24,25). The van der Waals surface area contributed by atoms with Gasteiger partial charge in [0.2, 0.25) is 0 Å². The zero-order valence-corrected chi connectivity index (χ0v) is 16.9. The number of benzene rings is 1. The fourth-order valence-electron chi connectivity index (χ4n) is 2.41. The summed E-state index contributed by atoms with van der Waals surface area (Å²) in [5.41, 5.74) is 1.47. The smallest absolute Gasteiger partial charge is 0.293 e. The summed E-state index contributed by atoms with van der Waals surface area (Å²) >= 11 is 4.72. The molecule has 1 aromatic carbocycles. The average Bonchev–Trinajstić information content (AvgIpc) is 3.37. The van der Waals surface area contributed by atoms with Crippen LogP contribution < -0.4 is 10.1 Å². The molecule has 0 saturated heterocycles. The first-order chi connectivity index (χ1) is 13.7. The molecular weight excluding hydrogens is 442 g/mol. The van der Waals surface area contributed by atoms with Crippen LogP contribution in [0, 0.1) is 0 Å². The normalized spacial score (nSPS) is 10.6. The predicted molar refractivity (Wildman–Crippen MR) is 110 cm³/mol. The van der Waals surface area contributed by atoms with Gasteiger partial charge in [-0.2, -0.15) is 0 Å². The number of rotatable bonds is 6. The van der Waals surface area contributed by atoms with Crippen molar-refractivity contribution >= 4 is 38.3 Å². The van der Waals surface area contributed by atoms with Crippen molar-refractivity contribution in [1.82, 2.24) is 9.97 Å². The third kappa shape index (κ3) is 4.47. The van der Waals surface area contributed by atoms with Crippen LogP contribution in [0.1, 0.15) is 16.3 Å². The van der Waals surface area contributed by atoms with Gasteiger partial charge < -0.3 is 9.15 Å². The lowest BCUT2D eigenvalue weighted by Gasteiger charge is -2.04. The van der Waals surface area contributed by atoms with Crippen LogP contribution in [0.25, 0.3) is 11.4 Å². The van der Waals surface area contributed by atoms with Crippen molar-refractivity contribution in [3.8, 4) is 17.1 Å². The van der Waals surface area contributed by atoms with Crippen LogP contribution in [0.15, 0.2) is 75.1 Å². The van der Waals surface area contributed by atoms with Crippen LogP contribution in [0.3, 0.4) is 0 Å². The Morgan fingerprint density at radius 2 is 2.07 bits per heavy atom. The summed E-state index contributed by atoms with van der Waals surface area (Å²) in [5, 5.41) is 5.07. The van der Waals surface area contributed by atoms with Gasteiger partial charge in [-0.3, -0.25) is 15.1 Å². The molecule has 0 fully saturated rings. The first-order valence-electron chi connectivity index (χ1n) is 8.33. The Morgan fingerprint density at radius 3 is 2.89 bits per heavy atom. The molecule has 1 N–H and O–H groups in total. The Hall–Kier alpha value is -2.97. The molecular formula is C20H14BrN3O3S. The Balaban J connectivity index is 1.37. The molecule has 0 aliphatic rings. The Bertz CT molecular complexity index is 1090. The lowest BCUT2D eigenvalue weighted by atomic mass is 10.3. The molecule has 8 heteroatoms. The highest BCUT2D eigenvalue weighted by Crippen LogP contribution is 2.24. The summed E-state index contributed by atoms with van der Waals surface area (Å²) in [6.07, 6.45) is 1.70. The molecule has 0 aliphatic carbocycles. The summed E-state index contributed by atoms with van der Waals surface area (Å²) in [6, 6.07) is 16.4. The lowest BCUT2D eigenvalue weighted by molar-refractivity contribution is 0.0992. The number of nitrogens with one attached hydrogen (secondary N) is 1. The molecule has 4 rings (SSSR count). The number of halogens is 1. The van der Waals surface area contributed by atoms with Gasteiger partial charge >= 0.3 is 0 Å². The zero-order valence-electron chi connectivity index (χ0n) is 14.5. The minimum Gasteiger partial charge on any atom is -0.486 e. The molecule has 3 heterocycles. The molecule has 0 aliphatic heterocycles. The van der Waals surface area contributed by atoms with Gasteiger partial charge in [-0.05, 0) is 42.5 Å². The van der Waals surface area contributed by atoms with Crippen molar-refractivity contribution in [2.24, 2.45) is 0 Å². The van der Waals surface area contributed by atoms with E-state index in [0.717, 1.165) is 10.2 Å². The number of carbonyl (C=O) groups excluding carboxylic acids is 1. The molecule has 0 saturated carbocycles. The number of amides is 1. The fourth-order valence-corrected chi connectivity index (χ4v) is 3.49. The number of thiazole rings is 1. The van der Waals surface area contributed by atoms with Crippen LogP contribution in [-0.2, 0) is 6.61 Å². The van der Waals surface area contributed by atoms with E-state index in [1.165, 1.54) is 11.3 Å². The van der Waals surface area contributed by atoms with Crippen LogP contribution in [0.2, 0.25) is 0 Å². The van der Waals surface area contributed by atoms with Crippen LogP contribution in [-0.4, -0.2) is 15.9 Å². The van der Waals surface area contributed by atoms with E-state index in [1.807, 2.05) is 47.8 Å². The molecule has 3 aromatic heterocycles. The van der Waals surface area contributed by atoms with Crippen LogP contribution >= 0.6 is 27.3 Å². The predicted octanol–water partition coefficient (Wildman–Crippen LogP) is 5.39. The first kappa shape index (κ1) is 18.4. The highest BCUT2D eigenvalue weighted by atomic mass is 79.9. The van der Waals surface area contributed by atoms with Gasteiger partial charge in [-0.25, -0.2) is 4.98 Å². The number of anilines is 1. The van der Waals surface area contributed by atoms with Crippen molar-refractivity contribution in [3.05, 3.63) is 82.2 Å². The van der Waals surface area contributed by atoms with E-state index >= 15 is 0 Å². The number of ether oxygens (including phenoxy) is 1. The maximum absolute atomic E-state index is 12.4. The number of aromatic nitrogens is 2. The van der Waals surface area contributed by atoms with Gasteiger partial charge in [-0.1, -0.05) is 28.1 Å². The number of hydrogen-bond acceptors (Lipinski definition) is 6. The van der Waals surface area contributed by atoms with Gasteiger partial charge in [0.05, 0.1) is 5.69 Å². The van der Waals surface area contributed by atoms with Crippen LogP contribution in [0.4, 0.5) is 5.13 Å². The van der Waals surface area contributed by atoms with Gasteiger partial charge in [0, 0.05) is 16.0 Å². The minimum absolute atomic E-state index is 0.197. The van der Waals surface area contributed by atoms with E-state index in [-0.39, 0.29) is 18.3 Å². The Kier molecular flexibility index (Phi) is 5.50. The number of nitrogens with zero attached hydrogens (tertiary/aromatic N) is 2. The van der Waals surface area contributed by atoms with E-state index < -0.39 is 0 Å².